The SMILES string of the molecule is O=C(c1ccccc1)N(Cc1ccccc1)[C@H](CF)Cc1ccccc1. The predicted molar refractivity (Wildman–Crippen MR) is 103 cm³/mol. The maximum absolute atomic E-state index is 14.0. The topological polar surface area (TPSA) is 20.3 Å². The van der Waals surface area contributed by atoms with Crippen molar-refractivity contribution < 1.29 is 9.18 Å². The minimum atomic E-state index is -0.583. The highest BCUT2D eigenvalue weighted by atomic mass is 19.1. The Morgan fingerprint density at radius 2 is 1.27 bits per heavy atom. The number of nitrogens with zero attached hydrogens (tertiary/aromatic N) is 1. The van der Waals surface area contributed by atoms with Gasteiger partial charge in [0.25, 0.3) is 5.91 Å². The van der Waals surface area contributed by atoms with Crippen LogP contribution >= 0.6 is 0 Å². The van der Waals surface area contributed by atoms with Gasteiger partial charge in [-0.2, -0.15) is 0 Å². The normalized spacial score (nSPS) is 11.7. The van der Waals surface area contributed by atoms with Crippen LogP contribution in [-0.4, -0.2) is 23.5 Å². The molecule has 0 aromatic heterocycles. The van der Waals surface area contributed by atoms with Gasteiger partial charge in [0.1, 0.15) is 6.67 Å². The summed E-state index contributed by atoms with van der Waals surface area (Å²) in [6.45, 7) is -0.198. The lowest BCUT2D eigenvalue weighted by Gasteiger charge is -2.30. The van der Waals surface area contributed by atoms with Crippen LogP contribution in [0.2, 0.25) is 0 Å². The summed E-state index contributed by atoms with van der Waals surface area (Å²) < 4.78 is 14.0. The van der Waals surface area contributed by atoms with Gasteiger partial charge in [-0.05, 0) is 29.7 Å². The van der Waals surface area contributed by atoms with Gasteiger partial charge < -0.3 is 4.90 Å². The largest absolute Gasteiger partial charge is 0.328 e. The number of halogens is 1. The molecule has 0 heterocycles. The van der Waals surface area contributed by atoms with Crippen molar-refractivity contribution in [2.24, 2.45) is 0 Å². The molecule has 0 N–H and O–H groups in total. The molecule has 0 fully saturated rings. The van der Waals surface area contributed by atoms with E-state index in [1.165, 1.54) is 0 Å². The second-order valence-corrected chi connectivity index (χ2v) is 6.28. The van der Waals surface area contributed by atoms with Gasteiger partial charge in [0.15, 0.2) is 0 Å². The van der Waals surface area contributed by atoms with E-state index in [1.807, 2.05) is 78.9 Å². The monoisotopic (exact) mass is 347 g/mol. The molecule has 0 bridgehead atoms. The van der Waals surface area contributed by atoms with Crippen LogP contribution in [0, 0.1) is 0 Å². The van der Waals surface area contributed by atoms with Crippen LogP contribution in [-0.2, 0) is 13.0 Å². The zero-order valence-electron chi connectivity index (χ0n) is 14.6. The highest BCUT2D eigenvalue weighted by molar-refractivity contribution is 5.94. The molecule has 0 spiro atoms. The number of hydrogen-bond acceptors (Lipinski definition) is 1. The third kappa shape index (κ3) is 4.57. The van der Waals surface area contributed by atoms with Crippen LogP contribution < -0.4 is 0 Å². The average molecular weight is 347 g/mol. The van der Waals surface area contributed by atoms with E-state index in [0.717, 1.165) is 11.1 Å². The molecule has 1 atom stereocenters. The summed E-state index contributed by atoms with van der Waals surface area (Å²) in [5.41, 5.74) is 2.59. The Labute approximate surface area is 153 Å². The van der Waals surface area contributed by atoms with E-state index in [0.29, 0.717) is 18.5 Å². The molecule has 0 saturated heterocycles. The van der Waals surface area contributed by atoms with Gasteiger partial charge in [0.05, 0.1) is 6.04 Å². The molecule has 0 aliphatic carbocycles. The molecule has 26 heavy (non-hydrogen) atoms. The smallest absolute Gasteiger partial charge is 0.254 e. The zero-order chi connectivity index (χ0) is 18.2. The Morgan fingerprint density at radius 3 is 1.81 bits per heavy atom. The number of amides is 1. The summed E-state index contributed by atoms with van der Waals surface area (Å²) in [5, 5.41) is 0. The first kappa shape index (κ1) is 17.9. The minimum Gasteiger partial charge on any atom is -0.328 e. The van der Waals surface area contributed by atoms with Crippen LogP contribution in [0.5, 0.6) is 0 Å². The lowest BCUT2D eigenvalue weighted by Crippen LogP contribution is -2.42. The summed E-state index contributed by atoms with van der Waals surface area (Å²) in [7, 11) is 0. The zero-order valence-corrected chi connectivity index (χ0v) is 14.6. The highest BCUT2D eigenvalue weighted by Crippen LogP contribution is 2.17. The Balaban J connectivity index is 1.89. The molecular formula is C23H22FNO. The first-order chi connectivity index (χ1) is 12.8. The molecule has 3 heteroatoms. The Morgan fingerprint density at radius 1 is 0.769 bits per heavy atom. The first-order valence-electron chi connectivity index (χ1n) is 8.78. The molecule has 2 nitrogen and oxygen atoms in total. The van der Waals surface area contributed by atoms with Gasteiger partial charge in [-0.25, -0.2) is 4.39 Å². The number of benzene rings is 3. The van der Waals surface area contributed by atoms with Gasteiger partial charge in [0.2, 0.25) is 0 Å². The maximum atomic E-state index is 14.0. The number of hydrogen-bond donors (Lipinski definition) is 0. The van der Waals surface area contributed by atoms with E-state index in [1.54, 1.807) is 17.0 Å². The fourth-order valence-electron chi connectivity index (χ4n) is 3.03. The standard InChI is InChI=1S/C23H22FNO/c24-17-22(16-19-10-4-1-5-11-19)25(18-20-12-6-2-7-13-20)23(26)21-14-8-3-9-15-21/h1-15,22H,16-18H2/t22-/m0/s1. The van der Waals surface area contributed by atoms with E-state index >= 15 is 0 Å². The van der Waals surface area contributed by atoms with Crippen molar-refractivity contribution in [1.29, 1.82) is 0 Å². The predicted octanol–water partition coefficient (Wildman–Crippen LogP) is 4.91. The van der Waals surface area contributed by atoms with E-state index < -0.39 is 12.7 Å². The number of rotatable bonds is 7. The summed E-state index contributed by atoms with van der Waals surface area (Å²) in [6.07, 6.45) is 0.489. The Bertz CT molecular complexity index is 805. The van der Waals surface area contributed by atoms with Gasteiger partial charge >= 0.3 is 0 Å². The lowest BCUT2D eigenvalue weighted by molar-refractivity contribution is 0.0628. The average Bonchev–Trinajstić information content (AvgIpc) is 2.72. The maximum Gasteiger partial charge on any atom is 0.254 e. The van der Waals surface area contributed by atoms with E-state index in [-0.39, 0.29) is 5.91 Å². The highest BCUT2D eigenvalue weighted by Gasteiger charge is 2.25. The molecule has 3 rings (SSSR count). The summed E-state index contributed by atoms with van der Waals surface area (Å²) >= 11 is 0. The van der Waals surface area contributed by atoms with E-state index in [4.69, 9.17) is 0 Å². The first-order valence-corrected chi connectivity index (χ1v) is 8.78. The van der Waals surface area contributed by atoms with E-state index in [2.05, 4.69) is 0 Å². The van der Waals surface area contributed by atoms with Crippen molar-refractivity contribution >= 4 is 5.91 Å². The fraction of sp³-hybridized carbons (Fsp3) is 0.174. The number of alkyl halides is 1. The van der Waals surface area contributed by atoms with Crippen LogP contribution in [0.15, 0.2) is 91.0 Å². The van der Waals surface area contributed by atoms with Crippen molar-refractivity contribution in [2.75, 3.05) is 6.67 Å². The van der Waals surface area contributed by atoms with Gasteiger partial charge in [-0.1, -0.05) is 78.9 Å². The minimum absolute atomic E-state index is 0.145. The molecule has 1 amide bonds. The van der Waals surface area contributed by atoms with Crippen LogP contribution in [0.3, 0.4) is 0 Å². The molecular weight excluding hydrogens is 325 g/mol. The van der Waals surface area contributed by atoms with Gasteiger partial charge in [-0.3, -0.25) is 4.79 Å². The quantitative estimate of drug-likeness (QED) is 0.595. The summed E-state index contributed by atoms with van der Waals surface area (Å²) in [5.74, 6) is -0.145. The van der Waals surface area contributed by atoms with Crippen molar-refractivity contribution in [3.05, 3.63) is 108 Å². The van der Waals surface area contributed by atoms with Crippen molar-refractivity contribution in [1.82, 2.24) is 4.90 Å². The van der Waals surface area contributed by atoms with Crippen molar-refractivity contribution in [3.63, 3.8) is 0 Å². The van der Waals surface area contributed by atoms with Crippen LogP contribution in [0.1, 0.15) is 21.5 Å². The summed E-state index contributed by atoms with van der Waals surface area (Å²) in [4.78, 5) is 14.7. The molecule has 0 unspecified atom stereocenters. The molecule has 0 aliphatic heterocycles. The van der Waals surface area contributed by atoms with Crippen LogP contribution in [0.4, 0.5) is 4.39 Å². The molecule has 3 aromatic carbocycles. The Hall–Kier alpha value is -2.94. The van der Waals surface area contributed by atoms with E-state index in [9.17, 15) is 9.18 Å². The van der Waals surface area contributed by atoms with Crippen molar-refractivity contribution in [2.45, 2.75) is 19.0 Å². The second kappa shape index (κ2) is 8.95. The van der Waals surface area contributed by atoms with Crippen LogP contribution in [0.25, 0.3) is 0 Å². The fourth-order valence-corrected chi connectivity index (χ4v) is 3.03. The molecule has 132 valence electrons. The molecule has 0 saturated carbocycles. The molecule has 0 aliphatic rings. The lowest BCUT2D eigenvalue weighted by atomic mass is 10.0. The third-order valence-corrected chi connectivity index (χ3v) is 4.41. The van der Waals surface area contributed by atoms with Gasteiger partial charge in [-0.15, -0.1) is 0 Å². The van der Waals surface area contributed by atoms with Gasteiger partial charge in [0, 0.05) is 12.1 Å². The molecule has 3 aromatic rings. The second-order valence-electron chi connectivity index (χ2n) is 6.28. The number of carbonyl (C=O) groups is 1. The third-order valence-electron chi connectivity index (χ3n) is 4.41. The Kier molecular flexibility index (Phi) is 6.15. The van der Waals surface area contributed by atoms with Crippen molar-refractivity contribution in [3.8, 4) is 0 Å². The number of carbonyl (C=O) groups excluding carboxylic acids is 1. The summed E-state index contributed by atoms with van der Waals surface area (Å²) in [6, 6.07) is 28.0. The molecule has 0 radical (unpaired) electrons.